The highest BCUT2D eigenvalue weighted by Gasteiger charge is 2.47. The Balaban J connectivity index is 1.42. The molecule has 5 rings (SSSR count). The quantitative estimate of drug-likeness (QED) is 0.326. The van der Waals surface area contributed by atoms with Gasteiger partial charge in [0.25, 0.3) is 0 Å². The van der Waals surface area contributed by atoms with Gasteiger partial charge in [-0.25, -0.2) is 23.3 Å². The number of nitrogens with zero attached hydrogens (tertiary/aromatic N) is 2. The molecule has 176 valence electrons. The topological polar surface area (TPSA) is 54.9 Å². The molecule has 2 heterocycles. The summed E-state index contributed by atoms with van der Waals surface area (Å²) in [5.74, 6) is -0.338. The first-order valence-corrected chi connectivity index (χ1v) is 13.5. The SMILES string of the molecule is C[C@H](NS(=O)C(C)(C)C)c1ccc(-c2nc3ccc(C4(c5ccccc5)CC4)nc3s2)c(F)c1. The molecule has 0 spiro atoms. The zero-order chi connectivity index (χ0) is 24.1. The Hall–Kier alpha value is -2.48. The third kappa shape index (κ3) is 4.32. The van der Waals surface area contributed by atoms with Crippen LogP contribution < -0.4 is 4.72 Å². The van der Waals surface area contributed by atoms with Gasteiger partial charge in [0.05, 0.1) is 21.4 Å². The number of aromatic nitrogens is 2. The highest BCUT2D eigenvalue weighted by molar-refractivity contribution is 7.84. The minimum Gasteiger partial charge on any atom is -0.242 e. The van der Waals surface area contributed by atoms with Gasteiger partial charge in [-0.2, -0.15) is 0 Å². The lowest BCUT2D eigenvalue weighted by atomic mass is 9.92. The predicted molar refractivity (Wildman–Crippen MR) is 139 cm³/mol. The lowest BCUT2D eigenvalue weighted by Crippen LogP contribution is -2.34. The summed E-state index contributed by atoms with van der Waals surface area (Å²) in [5, 5.41) is 0.618. The van der Waals surface area contributed by atoms with Gasteiger partial charge in [0.1, 0.15) is 21.2 Å². The van der Waals surface area contributed by atoms with Crippen molar-refractivity contribution in [2.24, 2.45) is 0 Å². The van der Waals surface area contributed by atoms with Gasteiger partial charge in [0, 0.05) is 17.0 Å². The summed E-state index contributed by atoms with van der Waals surface area (Å²) in [5.41, 5.74) is 4.34. The Bertz CT molecular complexity index is 1370. The molecule has 4 nitrogen and oxygen atoms in total. The average Bonchev–Trinajstić information content (AvgIpc) is 3.51. The molecule has 0 radical (unpaired) electrons. The van der Waals surface area contributed by atoms with E-state index in [0.717, 1.165) is 34.4 Å². The van der Waals surface area contributed by atoms with Crippen molar-refractivity contribution in [3.05, 3.63) is 83.3 Å². The number of rotatable bonds is 6. The van der Waals surface area contributed by atoms with Crippen molar-refractivity contribution in [3.8, 4) is 10.6 Å². The third-order valence-electron chi connectivity index (χ3n) is 6.39. The number of halogens is 1. The summed E-state index contributed by atoms with van der Waals surface area (Å²) in [6, 6.07) is 19.5. The number of hydrogen-bond donors (Lipinski definition) is 1. The largest absolute Gasteiger partial charge is 0.242 e. The molecule has 1 unspecified atom stereocenters. The van der Waals surface area contributed by atoms with Crippen molar-refractivity contribution in [2.75, 3.05) is 0 Å². The van der Waals surface area contributed by atoms with E-state index in [1.54, 1.807) is 6.07 Å². The molecule has 34 heavy (non-hydrogen) atoms. The lowest BCUT2D eigenvalue weighted by Gasteiger charge is -2.22. The molecule has 0 aliphatic heterocycles. The van der Waals surface area contributed by atoms with Crippen LogP contribution in [0.25, 0.3) is 20.9 Å². The molecule has 2 aromatic carbocycles. The van der Waals surface area contributed by atoms with Gasteiger partial charge in [-0.15, -0.1) is 0 Å². The first kappa shape index (κ1) is 23.3. The monoisotopic (exact) mass is 493 g/mol. The molecule has 0 bridgehead atoms. The summed E-state index contributed by atoms with van der Waals surface area (Å²) < 4.78 is 30.2. The minimum absolute atomic E-state index is 0.0111. The number of fused-ring (bicyclic) bond motifs is 1. The molecule has 0 amide bonds. The molecule has 7 heteroatoms. The Morgan fingerprint density at radius 1 is 1.06 bits per heavy atom. The van der Waals surface area contributed by atoms with E-state index in [2.05, 4.69) is 40.0 Å². The maximum atomic E-state index is 15.1. The first-order chi connectivity index (χ1) is 16.2. The van der Waals surface area contributed by atoms with Crippen molar-refractivity contribution in [2.45, 2.75) is 56.7 Å². The second-order valence-electron chi connectivity index (χ2n) is 9.95. The summed E-state index contributed by atoms with van der Waals surface area (Å²) in [6.07, 6.45) is 2.17. The van der Waals surface area contributed by atoms with Gasteiger partial charge in [0.2, 0.25) is 0 Å². The third-order valence-corrected chi connectivity index (χ3v) is 9.06. The molecule has 1 saturated carbocycles. The van der Waals surface area contributed by atoms with Crippen LogP contribution in [0.15, 0.2) is 60.7 Å². The van der Waals surface area contributed by atoms with Gasteiger partial charge in [-0.1, -0.05) is 47.7 Å². The number of benzene rings is 2. The second-order valence-corrected chi connectivity index (χ2v) is 12.9. The fraction of sp³-hybridized carbons (Fsp3) is 0.333. The van der Waals surface area contributed by atoms with Gasteiger partial charge in [-0.3, -0.25) is 0 Å². The van der Waals surface area contributed by atoms with Gasteiger partial charge in [-0.05, 0) is 75.9 Å². The van der Waals surface area contributed by atoms with E-state index in [1.807, 2.05) is 45.9 Å². The lowest BCUT2D eigenvalue weighted by molar-refractivity contribution is 0.606. The van der Waals surface area contributed by atoms with E-state index < -0.39 is 11.0 Å². The molecular weight excluding hydrogens is 465 g/mol. The van der Waals surface area contributed by atoms with Crippen molar-refractivity contribution in [1.82, 2.24) is 14.7 Å². The van der Waals surface area contributed by atoms with Crippen LogP contribution >= 0.6 is 11.3 Å². The van der Waals surface area contributed by atoms with Crippen LogP contribution in [0.3, 0.4) is 0 Å². The van der Waals surface area contributed by atoms with Crippen molar-refractivity contribution in [3.63, 3.8) is 0 Å². The standard InChI is InChI=1S/C27H28FN3OS2/c1-17(31-34(32)26(2,3)4)18-10-11-20(21(28)16-18)24-29-22-12-13-23(30-25(22)33-24)27(14-15-27)19-8-6-5-7-9-19/h5-13,16-17,31H,14-15H2,1-4H3/t17-,34?/m0/s1. The van der Waals surface area contributed by atoms with Crippen LogP contribution in [0.4, 0.5) is 4.39 Å². The predicted octanol–water partition coefficient (Wildman–Crippen LogP) is 6.69. The molecule has 2 aromatic heterocycles. The van der Waals surface area contributed by atoms with Crippen molar-refractivity contribution < 1.29 is 8.60 Å². The molecule has 1 fully saturated rings. The highest BCUT2D eigenvalue weighted by atomic mass is 32.2. The Morgan fingerprint density at radius 3 is 2.44 bits per heavy atom. The van der Waals surface area contributed by atoms with Crippen molar-refractivity contribution >= 4 is 32.7 Å². The summed E-state index contributed by atoms with van der Waals surface area (Å²) in [4.78, 5) is 10.4. The van der Waals surface area contributed by atoms with E-state index >= 15 is 4.39 Å². The molecular formula is C27H28FN3OS2. The molecule has 2 atom stereocenters. The fourth-order valence-corrected chi connectivity index (χ4v) is 5.93. The molecule has 1 N–H and O–H groups in total. The van der Waals surface area contributed by atoms with Gasteiger partial charge in [0.15, 0.2) is 0 Å². The van der Waals surface area contributed by atoms with E-state index in [-0.39, 0.29) is 22.0 Å². The maximum absolute atomic E-state index is 15.1. The van der Waals surface area contributed by atoms with E-state index in [0.29, 0.717) is 10.6 Å². The van der Waals surface area contributed by atoms with E-state index in [9.17, 15) is 4.21 Å². The fourth-order valence-electron chi connectivity index (χ4n) is 4.15. The molecule has 4 aromatic rings. The Labute approximate surface area is 206 Å². The average molecular weight is 494 g/mol. The minimum atomic E-state index is -1.24. The summed E-state index contributed by atoms with van der Waals surface area (Å²) in [6.45, 7) is 7.61. The molecule has 0 saturated heterocycles. The van der Waals surface area contributed by atoms with Crippen LogP contribution in [0.2, 0.25) is 0 Å². The first-order valence-electron chi connectivity index (χ1n) is 11.5. The van der Waals surface area contributed by atoms with Crippen LogP contribution in [0.1, 0.15) is 63.4 Å². The van der Waals surface area contributed by atoms with Crippen LogP contribution in [-0.4, -0.2) is 18.9 Å². The van der Waals surface area contributed by atoms with Crippen LogP contribution in [0, 0.1) is 5.82 Å². The van der Waals surface area contributed by atoms with Crippen molar-refractivity contribution in [1.29, 1.82) is 0 Å². The molecule has 1 aliphatic rings. The number of thiazole rings is 1. The maximum Gasteiger partial charge on any atom is 0.144 e. The molecule has 1 aliphatic carbocycles. The summed E-state index contributed by atoms with van der Waals surface area (Å²) >= 11 is 1.42. The van der Waals surface area contributed by atoms with Crippen LogP contribution in [-0.2, 0) is 16.4 Å². The van der Waals surface area contributed by atoms with E-state index in [4.69, 9.17) is 4.98 Å². The highest BCUT2D eigenvalue weighted by Crippen LogP contribution is 2.53. The zero-order valence-corrected chi connectivity index (χ0v) is 21.4. The number of hydrogen-bond acceptors (Lipinski definition) is 4. The van der Waals surface area contributed by atoms with Gasteiger partial charge >= 0.3 is 0 Å². The Kier molecular flexibility index (Phi) is 5.91. The van der Waals surface area contributed by atoms with E-state index in [1.165, 1.54) is 23.0 Å². The van der Waals surface area contributed by atoms with Crippen LogP contribution in [0.5, 0.6) is 0 Å². The summed E-state index contributed by atoms with van der Waals surface area (Å²) in [7, 11) is -1.24. The Morgan fingerprint density at radius 2 is 1.79 bits per heavy atom. The normalized spacial score (nSPS) is 17.0. The smallest absolute Gasteiger partial charge is 0.144 e. The number of nitrogens with one attached hydrogen (secondary N) is 1. The van der Waals surface area contributed by atoms with Gasteiger partial charge < -0.3 is 0 Å². The zero-order valence-electron chi connectivity index (χ0n) is 19.8. The second kappa shape index (κ2) is 8.63. The number of pyridine rings is 1.